The summed E-state index contributed by atoms with van der Waals surface area (Å²) in [6, 6.07) is 0. The molecular formula is C43H84O2. The summed E-state index contributed by atoms with van der Waals surface area (Å²) in [5, 5.41) is 0. The fraction of sp³-hybridized carbons (Fsp3) is 0.930. The second kappa shape index (κ2) is 41.2. The van der Waals surface area contributed by atoms with Gasteiger partial charge in [0.1, 0.15) is 0 Å². The van der Waals surface area contributed by atoms with Gasteiger partial charge in [-0.2, -0.15) is 0 Å². The van der Waals surface area contributed by atoms with Crippen molar-refractivity contribution in [2.24, 2.45) is 0 Å². The molecule has 0 amide bonds. The number of rotatable bonds is 40. The molecule has 0 aromatic rings. The molecule has 0 atom stereocenters. The summed E-state index contributed by atoms with van der Waals surface area (Å²) in [7, 11) is 0. The predicted octanol–water partition coefficient (Wildman–Crippen LogP) is 15.9. The summed E-state index contributed by atoms with van der Waals surface area (Å²) in [4.78, 5) is 11.2. The first-order valence-electron chi connectivity index (χ1n) is 21.1. The van der Waals surface area contributed by atoms with Crippen molar-refractivity contribution in [2.45, 2.75) is 257 Å². The molecule has 0 fully saturated rings. The van der Waals surface area contributed by atoms with E-state index in [1.165, 1.54) is 237 Å². The fourth-order valence-corrected chi connectivity index (χ4v) is 6.86. The van der Waals surface area contributed by atoms with Gasteiger partial charge in [0.2, 0.25) is 0 Å². The number of hydrogen-bond acceptors (Lipinski definition) is 2. The highest BCUT2D eigenvalue weighted by molar-refractivity contribution is 5.69. The van der Waals surface area contributed by atoms with E-state index in [9.17, 15) is 4.79 Å². The van der Waals surface area contributed by atoms with Crippen LogP contribution in [0, 0.1) is 0 Å². The van der Waals surface area contributed by atoms with Crippen molar-refractivity contribution in [1.29, 1.82) is 0 Å². The molecule has 0 bridgehead atoms. The van der Waals surface area contributed by atoms with Gasteiger partial charge < -0.3 is 4.74 Å². The summed E-state index contributed by atoms with van der Waals surface area (Å²) in [5.74, 6) is -0.142. The zero-order chi connectivity index (χ0) is 32.6. The molecule has 0 radical (unpaired) electrons. The van der Waals surface area contributed by atoms with Crippen LogP contribution >= 0.6 is 0 Å². The van der Waals surface area contributed by atoms with Crippen LogP contribution in [0.4, 0.5) is 0 Å². The molecule has 0 unspecified atom stereocenters. The van der Waals surface area contributed by atoms with Crippen molar-refractivity contribution in [3.05, 3.63) is 12.8 Å². The largest absolute Gasteiger partial charge is 0.435 e. The van der Waals surface area contributed by atoms with Crippen molar-refractivity contribution < 1.29 is 9.53 Å². The predicted molar refractivity (Wildman–Crippen MR) is 202 cm³/mol. The summed E-state index contributed by atoms with van der Waals surface area (Å²) in [5.41, 5.74) is 0. The SMILES string of the molecule is C=COC(=O)CCCCCCCCCCCCCCCCCCCCCCCCCCCCCCCCCCCCCCCC. The lowest BCUT2D eigenvalue weighted by Crippen LogP contribution is -1.98. The third-order valence-electron chi connectivity index (χ3n) is 9.95. The Labute approximate surface area is 285 Å². The molecule has 0 heterocycles. The molecule has 0 saturated heterocycles. The molecule has 0 N–H and O–H groups in total. The van der Waals surface area contributed by atoms with E-state index in [0.29, 0.717) is 6.42 Å². The van der Waals surface area contributed by atoms with Crippen LogP contribution in [-0.2, 0) is 9.53 Å². The molecule has 268 valence electrons. The minimum absolute atomic E-state index is 0.142. The molecular weight excluding hydrogens is 548 g/mol. The molecule has 0 rings (SSSR count). The molecule has 0 aromatic carbocycles. The summed E-state index contributed by atoms with van der Waals surface area (Å²) in [6.07, 6.45) is 56.1. The maximum absolute atomic E-state index is 11.2. The van der Waals surface area contributed by atoms with Gasteiger partial charge >= 0.3 is 5.97 Å². The molecule has 0 aliphatic heterocycles. The van der Waals surface area contributed by atoms with E-state index >= 15 is 0 Å². The molecule has 0 spiro atoms. The first-order chi connectivity index (χ1) is 22.3. The van der Waals surface area contributed by atoms with Gasteiger partial charge in [0.15, 0.2) is 0 Å². The third kappa shape index (κ3) is 41.2. The summed E-state index contributed by atoms with van der Waals surface area (Å²) < 4.78 is 4.74. The fourth-order valence-electron chi connectivity index (χ4n) is 6.86. The lowest BCUT2D eigenvalue weighted by molar-refractivity contribution is -0.138. The minimum atomic E-state index is -0.142. The summed E-state index contributed by atoms with van der Waals surface area (Å²) >= 11 is 0. The first kappa shape index (κ1) is 44.2. The van der Waals surface area contributed by atoms with E-state index in [-0.39, 0.29) is 5.97 Å². The van der Waals surface area contributed by atoms with Gasteiger partial charge in [0, 0.05) is 6.42 Å². The molecule has 0 aliphatic carbocycles. The van der Waals surface area contributed by atoms with Crippen LogP contribution in [0.2, 0.25) is 0 Å². The van der Waals surface area contributed by atoms with E-state index in [2.05, 4.69) is 13.5 Å². The Bertz CT molecular complexity index is 556. The lowest BCUT2D eigenvalue weighted by atomic mass is 10.0. The Hall–Kier alpha value is -0.790. The van der Waals surface area contributed by atoms with Crippen LogP contribution < -0.4 is 0 Å². The molecule has 0 aliphatic rings. The van der Waals surface area contributed by atoms with Gasteiger partial charge in [-0.3, -0.25) is 4.79 Å². The van der Waals surface area contributed by atoms with E-state index in [1.807, 2.05) is 0 Å². The van der Waals surface area contributed by atoms with Gasteiger partial charge in [-0.1, -0.05) is 251 Å². The van der Waals surface area contributed by atoms with Crippen molar-refractivity contribution >= 4 is 5.97 Å². The monoisotopic (exact) mass is 633 g/mol. The van der Waals surface area contributed by atoms with Crippen molar-refractivity contribution in [3.8, 4) is 0 Å². The lowest BCUT2D eigenvalue weighted by Gasteiger charge is -2.05. The zero-order valence-corrected chi connectivity index (χ0v) is 31.2. The maximum Gasteiger partial charge on any atom is 0.310 e. The zero-order valence-electron chi connectivity index (χ0n) is 31.2. The van der Waals surface area contributed by atoms with Gasteiger partial charge in [-0.05, 0) is 6.42 Å². The van der Waals surface area contributed by atoms with Crippen molar-refractivity contribution in [1.82, 2.24) is 0 Å². The van der Waals surface area contributed by atoms with Gasteiger partial charge in [-0.25, -0.2) is 0 Å². The quantitative estimate of drug-likeness (QED) is 0.0381. The van der Waals surface area contributed by atoms with E-state index < -0.39 is 0 Å². The average Bonchev–Trinajstić information content (AvgIpc) is 3.04. The van der Waals surface area contributed by atoms with Crippen LogP contribution in [0.3, 0.4) is 0 Å². The van der Waals surface area contributed by atoms with Gasteiger partial charge in [-0.15, -0.1) is 0 Å². The molecule has 2 nitrogen and oxygen atoms in total. The normalized spacial score (nSPS) is 11.3. The Kier molecular flexibility index (Phi) is 40.5. The maximum atomic E-state index is 11.2. The highest BCUT2D eigenvalue weighted by atomic mass is 16.5. The second-order valence-electron chi connectivity index (χ2n) is 14.5. The number of carbonyl (C=O) groups excluding carboxylic acids is 1. The smallest absolute Gasteiger partial charge is 0.310 e. The minimum Gasteiger partial charge on any atom is -0.435 e. The molecule has 2 heteroatoms. The number of unbranched alkanes of at least 4 members (excludes halogenated alkanes) is 37. The van der Waals surface area contributed by atoms with Crippen LogP contribution in [0.5, 0.6) is 0 Å². The number of ether oxygens (including phenoxy) is 1. The summed E-state index contributed by atoms with van der Waals surface area (Å²) in [6.45, 7) is 5.72. The Morgan fingerprint density at radius 3 is 0.711 bits per heavy atom. The highest BCUT2D eigenvalue weighted by Gasteiger charge is 2.01. The van der Waals surface area contributed by atoms with Crippen LogP contribution in [0.1, 0.15) is 257 Å². The topological polar surface area (TPSA) is 26.3 Å². The van der Waals surface area contributed by atoms with Crippen LogP contribution in [0.15, 0.2) is 12.8 Å². The van der Waals surface area contributed by atoms with E-state index in [1.54, 1.807) is 0 Å². The number of esters is 1. The van der Waals surface area contributed by atoms with Gasteiger partial charge in [0.25, 0.3) is 0 Å². The van der Waals surface area contributed by atoms with Crippen molar-refractivity contribution in [3.63, 3.8) is 0 Å². The highest BCUT2D eigenvalue weighted by Crippen LogP contribution is 2.17. The number of hydrogen-bond donors (Lipinski definition) is 0. The Morgan fingerprint density at radius 1 is 0.356 bits per heavy atom. The Balaban J connectivity index is 3.06. The van der Waals surface area contributed by atoms with Crippen LogP contribution in [0.25, 0.3) is 0 Å². The average molecular weight is 633 g/mol. The van der Waals surface area contributed by atoms with Crippen molar-refractivity contribution in [2.75, 3.05) is 0 Å². The second-order valence-corrected chi connectivity index (χ2v) is 14.5. The van der Waals surface area contributed by atoms with Gasteiger partial charge in [0.05, 0.1) is 6.26 Å². The van der Waals surface area contributed by atoms with Crippen LogP contribution in [-0.4, -0.2) is 5.97 Å². The molecule has 0 saturated carbocycles. The molecule has 45 heavy (non-hydrogen) atoms. The van der Waals surface area contributed by atoms with E-state index in [4.69, 9.17) is 4.74 Å². The standard InChI is InChI=1S/C43H84O2/c1-3-5-6-7-8-9-10-11-12-13-14-15-16-17-18-19-20-21-22-23-24-25-26-27-28-29-30-31-32-33-34-35-36-37-38-39-40-41-42-43(44)45-4-2/h4H,2-3,5-42H2,1H3. The third-order valence-corrected chi connectivity index (χ3v) is 9.95. The van der Waals surface area contributed by atoms with E-state index in [0.717, 1.165) is 12.8 Å². The Morgan fingerprint density at radius 2 is 0.533 bits per heavy atom. The first-order valence-corrected chi connectivity index (χ1v) is 21.1. The molecule has 0 aromatic heterocycles. The number of carbonyl (C=O) groups is 1.